The van der Waals surface area contributed by atoms with Crippen molar-refractivity contribution in [3.8, 4) is 0 Å². The lowest BCUT2D eigenvalue weighted by Gasteiger charge is -2.15. The number of fused-ring (bicyclic) bond motifs is 1. The standard InChI is InChI=1S/C16H19N3O2/c1-3-17-16(21)19-15(20)11(2)18-14-9-8-12-6-4-5-7-13(12)10-14/h4-11,18H,3H2,1-2H3,(H2,17,19,20,21). The molecule has 1 atom stereocenters. The molecular formula is C16H19N3O2. The van der Waals surface area contributed by atoms with E-state index in [0.29, 0.717) is 6.54 Å². The molecule has 3 N–H and O–H groups in total. The first-order chi connectivity index (χ1) is 10.1. The van der Waals surface area contributed by atoms with Gasteiger partial charge in [-0.3, -0.25) is 10.1 Å². The second kappa shape index (κ2) is 6.74. The van der Waals surface area contributed by atoms with E-state index in [1.54, 1.807) is 13.8 Å². The van der Waals surface area contributed by atoms with Crippen LogP contribution in [0.2, 0.25) is 0 Å². The van der Waals surface area contributed by atoms with Crippen molar-refractivity contribution in [2.75, 3.05) is 11.9 Å². The second-order valence-corrected chi connectivity index (χ2v) is 4.78. The maximum Gasteiger partial charge on any atom is 0.321 e. The summed E-state index contributed by atoms with van der Waals surface area (Å²) in [5, 5.41) is 10.1. The first-order valence-corrected chi connectivity index (χ1v) is 6.94. The van der Waals surface area contributed by atoms with Gasteiger partial charge >= 0.3 is 6.03 Å². The highest BCUT2D eigenvalue weighted by atomic mass is 16.2. The number of anilines is 1. The molecular weight excluding hydrogens is 266 g/mol. The zero-order valence-electron chi connectivity index (χ0n) is 12.1. The van der Waals surface area contributed by atoms with Crippen LogP contribution >= 0.6 is 0 Å². The fraction of sp³-hybridized carbons (Fsp3) is 0.250. The zero-order chi connectivity index (χ0) is 15.2. The Bertz CT molecular complexity index is 655. The molecule has 0 aliphatic heterocycles. The molecule has 0 aliphatic rings. The summed E-state index contributed by atoms with van der Waals surface area (Å²) in [7, 11) is 0. The molecule has 2 rings (SSSR count). The SMILES string of the molecule is CCNC(=O)NC(=O)C(C)Nc1ccc2ccccc2c1. The number of nitrogens with one attached hydrogen (secondary N) is 3. The Morgan fingerprint density at radius 2 is 1.81 bits per heavy atom. The number of hydrogen-bond donors (Lipinski definition) is 3. The van der Waals surface area contributed by atoms with Gasteiger partial charge in [0.15, 0.2) is 0 Å². The summed E-state index contributed by atoms with van der Waals surface area (Å²) in [5.74, 6) is -0.367. The van der Waals surface area contributed by atoms with Crippen LogP contribution in [0.5, 0.6) is 0 Å². The van der Waals surface area contributed by atoms with E-state index in [4.69, 9.17) is 0 Å². The van der Waals surface area contributed by atoms with E-state index in [-0.39, 0.29) is 5.91 Å². The molecule has 0 radical (unpaired) electrons. The molecule has 5 nitrogen and oxygen atoms in total. The van der Waals surface area contributed by atoms with Crippen LogP contribution in [0.1, 0.15) is 13.8 Å². The van der Waals surface area contributed by atoms with Gasteiger partial charge in [0.05, 0.1) is 0 Å². The number of carbonyl (C=O) groups excluding carboxylic acids is 2. The number of amides is 3. The normalized spacial score (nSPS) is 11.7. The van der Waals surface area contributed by atoms with Crippen LogP contribution in [0.4, 0.5) is 10.5 Å². The summed E-state index contributed by atoms with van der Waals surface area (Å²) in [6, 6.07) is 12.9. The van der Waals surface area contributed by atoms with Gasteiger partial charge in [0.2, 0.25) is 5.91 Å². The van der Waals surface area contributed by atoms with Crippen molar-refractivity contribution in [1.82, 2.24) is 10.6 Å². The highest BCUT2D eigenvalue weighted by Crippen LogP contribution is 2.19. The monoisotopic (exact) mass is 285 g/mol. The molecule has 0 aromatic heterocycles. The number of urea groups is 1. The molecule has 1 unspecified atom stereocenters. The molecule has 0 heterocycles. The average molecular weight is 285 g/mol. The summed E-state index contributed by atoms with van der Waals surface area (Å²) in [4.78, 5) is 23.2. The van der Waals surface area contributed by atoms with Crippen LogP contribution in [-0.2, 0) is 4.79 Å². The molecule has 2 aromatic carbocycles. The lowest BCUT2D eigenvalue weighted by Crippen LogP contribution is -2.45. The average Bonchev–Trinajstić information content (AvgIpc) is 2.47. The lowest BCUT2D eigenvalue weighted by atomic mass is 10.1. The third-order valence-electron chi connectivity index (χ3n) is 3.10. The number of imide groups is 1. The topological polar surface area (TPSA) is 70.2 Å². The highest BCUT2D eigenvalue weighted by Gasteiger charge is 2.15. The minimum atomic E-state index is -0.506. The summed E-state index contributed by atoms with van der Waals surface area (Å²) in [5.41, 5.74) is 0.840. The van der Waals surface area contributed by atoms with Crippen molar-refractivity contribution < 1.29 is 9.59 Å². The van der Waals surface area contributed by atoms with Crippen molar-refractivity contribution in [3.05, 3.63) is 42.5 Å². The van der Waals surface area contributed by atoms with Crippen molar-refractivity contribution in [2.45, 2.75) is 19.9 Å². The molecule has 21 heavy (non-hydrogen) atoms. The van der Waals surface area contributed by atoms with Gasteiger partial charge < -0.3 is 10.6 Å². The van der Waals surface area contributed by atoms with Gasteiger partial charge in [-0.25, -0.2) is 4.79 Å². The number of carbonyl (C=O) groups is 2. The van der Waals surface area contributed by atoms with E-state index in [1.807, 2.05) is 42.5 Å². The molecule has 3 amide bonds. The zero-order valence-corrected chi connectivity index (χ0v) is 12.1. The van der Waals surface area contributed by atoms with Crippen LogP contribution in [0.25, 0.3) is 10.8 Å². The van der Waals surface area contributed by atoms with Gasteiger partial charge in [-0.1, -0.05) is 30.3 Å². The Morgan fingerprint density at radius 1 is 1.10 bits per heavy atom. The van der Waals surface area contributed by atoms with Gasteiger partial charge in [0.25, 0.3) is 0 Å². The molecule has 110 valence electrons. The minimum Gasteiger partial charge on any atom is -0.374 e. The smallest absolute Gasteiger partial charge is 0.321 e. The molecule has 0 saturated carbocycles. The van der Waals surface area contributed by atoms with Crippen molar-refractivity contribution in [1.29, 1.82) is 0 Å². The van der Waals surface area contributed by atoms with Crippen molar-refractivity contribution in [3.63, 3.8) is 0 Å². The van der Waals surface area contributed by atoms with Gasteiger partial charge in [-0.15, -0.1) is 0 Å². The highest BCUT2D eigenvalue weighted by molar-refractivity contribution is 5.98. The van der Waals surface area contributed by atoms with Crippen LogP contribution in [-0.4, -0.2) is 24.5 Å². The summed E-state index contributed by atoms with van der Waals surface area (Å²) in [6.45, 7) is 3.98. The largest absolute Gasteiger partial charge is 0.374 e. The van der Waals surface area contributed by atoms with E-state index >= 15 is 0 Å². The quantitative estimate of drug-likeness (QED) is 0.808. The molecule has 2 aromatic rings. The molecule has 0 fully saturated rings. The van der Waals surface area contributed by atoms with E-state index in [9.17, 15) is 9.59 Å². The van der Waals surface area contributed by atoms with Crippen LogP contribution in [0.15, 0.2) is 42.5 Å². The van der Waals surface area contributed by atoms with Gasteiger partial charge in [0.1, 0.15) is 6.04 Å². The van der Waals surface area contributed by atoms with E-state index in [2.05, 4.69) is 16.0 Å². The Kier molecular flexibility index (Phi) is 4.77. The predicted molar refractivity (Wildman–Crippen MR) is 84.2 cm³/mol. The van der Waals surface area contributed by atoms with Crippen LogP contribution < -0.4 is 16.0 Å². The maximum atomic E-state index is 11.9. The molecule has 0 spiro atoms. The van der Waals surface area contributed by atoms with Crippen molar-refractivity contribution >= 4 is 28.4 Å². The lowest BCUT2D eigenvalue weighted by molar-refractivity contribution is -0.120. The van der Waals surface area contributed by atoms with Crippen LogP contribution in [0, 0.1) is 0 Å². The Labute approximate surface area is 123 Å². The van der Waals surface area contributed by atoms with Crippen molar-refractivity contribution in [2.24, 2.45) is 0 Å². The Hall–Kier alpha value is -2.56. The Morgan fingerprint density at radius 3 is 2.52 bits per heavy atom. The predicted octanol–water partition coefficient (Wildman–Crippen LogP) is 2.49. The molecule has 0 aliphatic carbocycles. The third kappa shape index (κ3) is 3.95. The second-order valence-electron chi connectivity index (χ2n) is 4.78. The van der Waals surface area contributed by atoms with Gasteiger partial charge in [-0.05, 0) is 36.8 Å². The van der Waals surface area contributed by atoms with E-state index in [1.165, 1.54) is 0 Å². The molecule has 5 heteroatoms. The minimum absolute atomic E-state index is 0.367. The number of benzene rings is 2. The molecule has 0 bridgehead atoms. The number of rotatable bonds is 4. The Balaban J connectivity index is 2.01. The van der Waals surface area contributed by atoms with Crippen LogP contribution in [0.3, 0.4) is 0 Å². The summed E-state index contributed by atoms with van der Waals surface area (Å²) >= 11 is 0. The van der Waals surface area contributed by atoms with Gasteiger partial charge in [-0.2, -0.15) is 0 Å². The summed E-state index contributed by atoms with van der Waals surface area (Å²) < 4.78 is 0. The summed E-state index contributed by atoms with van der Waals surface area (Å²) in [6.07, 6.45) is 0. The maximum absolute atomic E-state index is 11.9. The fourth-order valence-electron chi connectivity index (χ4n) is 2.02. The fourth-order valence-corrected chi connectivity index (χ4v) is 2.02. The first kappa shape index (κ1) is 14.8. The first-order valence-electron chi connectivity index (χ1n) is 6.94. The van der Waals surface area contributed by atoms with E-state index < -0.39 is 12.1 Å². The molecule has 0 saturated heterocycles. The van der Waals surface area contributed by atoms with E-state index in [0.717, 1.165) is 16.5 Å². The van der Waals surface area contributed by atoms with Gasteiger partial charge in [0, 0.05) is 12.2 Å². The number of hydrogen-bond acceptors (Lipinski definition) is 3. The third-order valence-corrected chi connectivity index (χ3v) is 3.10.